The van der Waals surface area contributed by atoms with E-state index in [4.69, 9.17) is 0 Å². The van der Waals surface area contributed by atoms with Gasteiger partial charge in [-0.15, -0.1) is 11.3 Å². The van der Waals surface area contributed by atoms with Crippen LogP contribution in [-0.2, 0) is 6.18 Å². The molecule has 0 saturated carbocycles. The molecule has 3 rings (SSSR count). The number of thioether (sulfide) groups is 1. The summed E-state index contributed by atoms with van der Waals surface area (Å²) in [7, 11) is 0. The molecule has 0 aliphatic carbocycles. The first-order valence-corrected chi connectivity index (χ1v) is 9.95. The number of carbonyl (C=O) groups excluding carboxylic acids is 1. The van der Waals surface area contributed by atoms with Gasteiger partial charge in [-0.05, 0) is 30.5 Å². The molecule has 1 aromatic carbocycles. The second-order valence-corrected chi connectivity index (χ2v) is 7.82. The quantitative estimate of drug-likeness (QED) is 0.378. The Bertz CT molecular complexity index is 1050. The van der Waals surface area contributed by atoms with E-state index in [1.165, 1.54) is 11.3 Å². The fraction of sp³-hybridized carbons (Fsp3) is 0.150. The normalized spacial score (nSPS) is 11.2. The molecule has 142 valence electrons. The zero-order chi connectivity index (χ0) is 20.3. The SMILES string of the molecule is Cc1cccc(C(=O)CSc2nc(-c3cccs3)cc(C(F)(F)F)c2C#N)c1. The number of Topliss-reactive ketones (excluding diaryl/α,β-unsaturated/α-hetero) is 1. The molecular weight excluding hydrogens is 405 g/mol. The van der Waals surface area contributed by atoms with Gasteiger partial charge in [0.25, 0.3) is 0 Å². The topological polar surface area (TPSA) is 53.8 Å². The number of thiophene rings is 1. The van der Waals surface area contributed by atoms with Crippen molar-refractivity contribution < 1.29 is 18.0 Å². The van der Waals surface area contributed by atoms with Gasteiger partial charge in [0.15, 0.2) is 5.78 Å². The lowest BCUT2D eigenvalue weighted by atomic mass is 10.1. The average molecular weight is 418 g/mol. The van der Waals surface area contributed by atoms with Crippen LogP contribution in [0.4, 0.5) is 13.2 Å². The fourth-order valence-electron chi connectivity index (χ4n) is 2.54. The zero-order valence-electron chi connectivity index (χ0n) is 14.6. The molecule has 0 aliphatic heterocycles. The number of hydrogen-bond acceptors (Lipinski definition) is 5. The smallest absolute Gasteiger partial charge is 0.293 e. The Morgan fingerprint density at radius 3 is 2.64 bits per heavy atom. The molecule has 8 heteroatoms. The van der Waals surface area contributed by atoms with Crippen LogP contribution in [0.5, 0.6) is 0 Å². The van der Waals surface area contributed by atoms with Crippen LogP contribution in [0.15, 0.2) is 52.9 Å². The molecule has 28 heavy (non-hydrogen) atoms. The van der Waals surface area contributed by atoms with Crippen LogP contribution in [0.2, 0.25) is 0 Å². The Kier molecular flexibility index (Phi) is 5.87. The lowest BCUT2D eigenvalue weighted by Gasteiger charge is -2.13. The van der Waals surface area contributed by atoms with E-state index in [9.17, 15) is 23.2 Å². The summed E-state index contributed by atoms with van der Waals surface area (Å²) >= 11 is 2.10. The number of nitrogens with zero attached hydrogens (tertiary/aromatic N) is 2. The van der Waals surface area contributed by atoms with Gasteiger partial charge in [0.2, 0.25) is 0 Å². The van der Waals surface area contributed by atoms with E-state index in [1.54, 1.807) is 41.8 Å². The second-order valence-electron chi connectivity index (χ2n) is 5.90. The molecule has 2 aromatic heterocycles. The van der Waals surface area contributed by atoms with Crippen molar-refractivity contribution in [3.05, 3.63) is 70.1 Å². The predicted molar refractivity (Wildman–Crippen MR) is 104 cm³/mol. The monoisotopic (exact) mass is 418 g/mol. The Morgan fingerprint density at radius 1 is 1.25 bits per heavy atom. The number of alkyl halides is 3. The Labute approximate surface area is 167 Å². The fourth-order valence-corrected chi connectivity index (χ4v) is 4.13. The summed E-state index contributed by atoms with van der Waals surface area (Å²) in [5.41, 5.74) is -0.0946. The average Bonchev–Trinajstić information content (AvgIpc) is 3.19. The van der Waals surface area contributed by atoms with Crippen LogP contribution in [0.25, 0.3) is 10.6 Å². The van der Waals surface area contributed by atoms with Crippen molar-refractivity contribution in [2.45, 2.75) is 18.1 Å². The molecule has 3 nitrogen and oxygen atoms in total. The molecule has 3 aromatic rings. The predicted octanol–water partition coefficient (Wildman–Crippen LogP) is 5.98. The molecule has 2 heterocycles. The maximum absolute atomic E-state index is 13.5. The van der Waals surface area contributed by atoms with Crippen molar-refractivity contribution in [1.29, 1.82) is 5.26 Å². The van der Waals surface area contributed by atoms with Crippen molar-refractivity contribution in [3.8, 4) is 16.6 Å². The van der Waals surface area contributed by atoms with Gasteiger partial charge >= 0.3 is 6.18 Å². The highest BCUT2D eigenvalue weighted by Crippen LogP contribution is 2.38. The number of halogens is 3. The lowest BCUT2D eigenvalue weighted by molar-refractivity contribution is -0.138. The van der Waals surface area contributed by atoms with Crippen LogP contribution in [0.3, 0.4) is 0 Å². The first-order valence-electron chi connectivity index (χ1n) is 8.08. The maximum Gasteiger partial charge on any atom is 0.417 e. The van der Waals surface area contributed by atoms with Crippen molar-refractivity contribution in [2.24, 2.45) is 0 Å². The van der Waals surface area contributed by atoms with E-state index in [1.807, 2.05) is 13.0 Å². The number of carbonyl (C=O) groups is 1. The van der Waals surface area contributed by atoms with Crippen molar-refractivity contribution in [3.63, 3.8) is 0 Å². The van der Waals surface area contributed by atoms with E-state index in [2.05, 4.69) is 4.98 Å². The first-order chi connectivity index (χ1) is 13.3. The molecule has 0 spiro atoms. The standard InChI is InChI=1S/C20H13F3N2OS2/c1-12-4-2-5-13(8-12)17(26)11-28-19-14(10-24)15(20(21,22)23)9-16(25-19)18-6-3-7-27-18/h2-9H,11H2,1H3. The maximum atomic E-state index is 13.5. The molecule has 0 amide bonds. The minimum absolute atomic E-state index is 0.0956. The number of hydrogen-bond donors (Lipinski definition) is 0. The second kappa shape index (κ2) is 8.17. The van der Waals surface area contributed by atoms with Crippen LogP contribution in [0, 0.1) is 18.3 Å². The van der Waals surface area contributed by atoms with E-state index >= 15 is 0 Å². The van der Waals surface area contributed by atoms with Crippen LogP contribution in [0.1, 0.15) is 27.0 Å². The summed E-state index contributed by atoms with van der Waals surface area (Å²) < 4.78 is 40.5. The Morgan fingerprint density at radius 2 is 2.04 bits per heavy atom. The number of aromatic nitrogens is 1. The number of rotatable bonds is 5. The van der Waals surface area contributed by atoms with Crippen LogP contribution < -0.4 is 0 Å². The molecule has 0 atom stereocenters. The van der Waals surface area contributed by atoms with E-state index in [0.717, 1.165) is 23.4 Å². The molecule has 0 radical (unpaired) electrons. The highest BCUT2D eigenvalue weighted by atomic mass is 32.2. The van der Waals surface area contributed by atoms with Crippen molar-refractivity contribution in [1.82, 2.24) is 4.98 Å². The summed E-state index contributed by atoms with van der Waals surface area (Å²) in [6, 6.07) is 12.8. The third-order valence-corrected chi connectivity index (χ3v) is 5.72. The van der Waals surface area contributed by atoms with Gasteiger partial charge in [0.05, 0.1) is 27.5 Å². The van der Waals surface area contributed by atoms with Gasteiger partial charge in [-0.2, -0.15) is 18.4 Å². The molecule has 0 aliphatic rings. The number of benzene rings is 1. The summed E-state index contributed by atoms with van der Waals surface area (Å²) in [5.74, 6) is -0.356. The molecule has 0 bridgehead atoms. The zero-order valence-corrected chi connectivity index (χ0v) is 16.2. The van der Waals surface area contributed by atoms with Crippen LogP contribution in [-0.4, -0.2) is 16.5 Å². The van der Waals surface area contributed by atoms with Gasteiger partial charge in [-0.25, -0.2) is 4.98 Å². The van der Waals surface area contributed by atoms with Gasteiger partial charge in [0.1, 0.15) is 11.1 Å². The molecule has 0 fully saturated rings. The third kappa shape index (κ3) is 4.43. The Hall–Kier alpha value is -2.63. The number of aryl methyl sites for hydroxylation is 1. The highest BCUT2D eigenvalue weighted by molar-refractivity contribution is 8.00. The largest absolute Gasteiger partial charge is 0.417 e. The molecular formula is C20H13F3N2OS2. The van der Waals surface area contributed by atoms with E-state index < -0.39 is 17.3 Å². The molecule has 0 saturated heterocycles. The van der Waals surface area contributed by atoms with Crippen molar-refractivity contribution >= 4 is 28.9 Å². The lowest BCUT2D eigenvalue weighted by Crippen LogP contribution is -2.11. The number of pyridine rings is 1. The molecule has 0 unspecified atom stereocenters. The first kappa shape index (κ1) is 20.1. The summed E-state index contributed by atoms with van der Waals surface area (Å²) in [4.78, 5) is 17.2. The summed E-state index contributed by atoms with van der Waals surface area (Å²) in [5, 5.41) is 11.0. The van der Waals surface area contributed by atoms with Crippen LogP contribution >= 0.6 is 23.1 Å². The summed E-state index contributed by atoms with van der Waals surface area (Å²) in [6.07, 6.45) is -4.70. The summed E-state index contributed by atoms with van der Waals surface area (Å²) in [6.45, 7) is 1.85. The third-order valence-electron chi connectivity index (χ3n) is 3.86. The highest BCUT2D eigenvalue weighted by Gasteiger charge is 2.36. The van der Waals surface area contributed by atoms with Gasteiger partial charge in [0, 0.05) is 5.56 Å². The van der Waals surface area contributed by atoms with E-state index in [0.29, 0.717) is 10.4 Å². The minimum atomic E-state index is -4.70. The van der Waals surface area contributed by atoms with Gasteiger partial charge in [-0.1, -0.05) is 41.6 Å². The Balaban J connectivity index is 1.98. The van der Waals surface area contributed by atoms with Gasteiger partial charge < -0.3 is 0 Å². The minimum Gasteiger partial charge on any atom is -0.293 e. The van der Waals surface area contributed by atoms with Crippen molar-refractivity contribution in [2.75, 3.05) is 5.75 Å². The molecule has 0 N–H and O–H groups in total. The van der Waals surface area contributed by atoms with Gasteiger partial charge in [-0.3, -0.25) is 4.79 Å². The number of nitriles is 1. The number of ketones is 1. The van der Waals surface area contributed by atoms with E-state index in [-0.39, 0.29) is 22.3 Å².